The summed E-state index contributed by atoms with van der Waals surface area (Å²) >= 11 is 0. The number of ether oxygens (including phenoxy) is 1. The molecular formula is C27H33N5O4. The number of anilines is 3. The molecular weight excluding hydrogens is 458 g/mol. The molecule has 0 bridgehead atoms. The molecule has 36 heavy (non-hydrogen) atoms. The Labute approximate surface area is 210 Å². The van der Waals surface area contributed by atoms with Crippen LogP contribution < -0.4 is 31.9 Å². The van der Waals surface area contributed by atoms with E-state index in [4.69, 9.17) is 10.5 Å². The fourth-order valence-corrected chi connectivity index (χ4v) is 4.41. The normalized spacial score (nSPS) is 13.4. The highest BCUT2D eigenvalue weighted by Gasteiger charge is 2.24. The molecule has 1 saturated heterocycles. The van der Waals surface area contributed by atoms with Gasteiger partial charge in [0, 0.05) is 25.3 Å². The third kappa shape index (κ3) is 5.79. The summed E-state index contributed by atoms with van der Waals surface area (Å²) in [5.41, 5.74) is 7.12. The van der Waals surface area contributed by atoms with E-state index in [9.17, 15) is 14.4 Å². The summed E-state index contributed by atoms with van der Waals surface area (Å²) in [5.74, 6) is 0.376. The summed E-state index contributed by atoms with van der Waals surface area (Å²) in [6.07, 6.45) is 3.68. The zero-order valence-electron chi connectivity index (χ0n) is 20.6. The van der Waals surface area contributed by atoms with Gasteiger partial charge >= 0.3 is 5.69 Å². The van der Waals surface area contributed by atoms with Crippen LogP contribution in [0.25, 0.3) is 0 Å². The zero-order chi connectivity index (χ0) is 25.5. The van der Waals surface area contributed by atoms with Crippen LogP contribution in [0.5, 0.6) is 5.75 Å². The van der Waals surface area contributed by atoms with Gasteiger partial charge in [-0.05, 0) is 55.5 Å². The molecule has 1 aliphatic heterocycles. The predicted octanol–water partition coefficient (Wildman–Crippen LogP) is 3.21. The molecule has 0 unspecified atom stereocenters. The predicted molar refractivity (Wildman–Crippen MR) is 142 cm³/mol. The average Bonchev–Trinajstić information content (AvgIpc) is 2.90. The number of hydrogen-bond acceptors (Lipinski definition) is 6. The van der Waals surface area contributed by atoms with E-state index in [1.165, 1.54) is 4.57 Å². The van der Waals surface area contributed by atoms with E-state index in [0.29, 0.717) is 49.8 Å². The summed E-state index contributed by atoms with van der Waals surface area (Å²) in [4.78, 5) is 41.2. The minimum Gasteiger partial charge on any atom is -0.489 e. The average molecular weight is 492 g/mol. The highest BCUT2D eigenvalue weighted by molar-refractivity contribution is 5.90. The van der Waals surface area contributed by atoms with E-state index in [-0.39, 0.29) is 5.82 Å². The summed E-state index contributed by atoms with van der Waals surface area (Å²) in [7, 11) is 0. The largest absolute Gasteiger partial charge is 0.489 e. The van der Waals surface area contributed by atoms with Gasteiger partial charge in [0.25, 0.3) is 5.56 Å². The quantitative estimate of drug-likeness (QED) is 0.475. The van der Waals surface area contributed by atoms with Crippen LogP contribution in [0.1, 0.15) is 38.2 Å². The fraction of sp³-hybridized carbons (Fsp3) is 0.370. The maximum atomic E-state index is 13.3. The Morgan fingerprint density at radius 2 is 1.67 bits per heavy atom. The fourth-order valence-electron chi connectivity index (χ4n) is 4.41. The molecule has 2 aromatic carbocycles. The van der Waals surface area contributed by atoms with Gasteiger partial charge in [0.05, 0.1) is 0 Å². The third-order valence-corrected chi connectivity index (χ3v) is 6.25. The van der Waals surface area contributed by atoms with Crippen molar-refractivity contribution in [3.05, 3.63) is 81.0 Å². The summed E-state index contributed by atoms with van der Waals surface area (Å²) < 4.78 is 8.17. The van der Waals surface area contributed by atoms with Crippen molar-refractivity contribution in [3.63, 3.8) is 0 Å². The van der Waals surface area contributed by atoms with Crippen molar-refractivity contribution < 1.29 is 9.53 Å². The van der Waals surface area contributed by atoms with Crippen LogP contribution in [0.15, 0.2) is 64.2 Å². The van der Waals surface area contributed by atoms with Crippen LogP contribution in [0, 0.1) is 0 Å². The lowest BCUT2D eigenvalue weighted by molar-refractivity contribution is -0.116. The lowest BCUT2D eigenvalue weighted by Crippen LogP contribution is -2.47. The molecule has 3 aromatic rings. The Morgan fingerprint density at radius 3 is 2.33 bits per heavy atom. The Balaban J connectivity index is 1.49. The first-order valence-corrected chi connectivity index (χ1v) is 12.4. The molecule has 0 saturated carbocycles. The Morgan fingerprint density at radius 1 is 0.972 bits per heavy atom. The molecule has 0 aliphatic carbocycles. The van der Waals surface area contributed by atoms with Crippen molar-refractivity contribution in [1.29, 1.82) is 0 Å². The van der Waals surface area contributed by atoms with E-state index in [0.717, 1.165) is 29.4 Å². The number of piperidine rings is 1. The van der Waals surface area contributed by atoms with Gasteiger partial charge in [0.15, 0.2) is 0 Å². The number of nitrogens with two attached hydrogens (primary N) is 1. The minimum atomic E-state index is -0.570. The first kappa shape index (κ1) is 25.1. The van der Waals surface area contributed by atoms with Crippen LogP contribution >= 0.6 is 0 Å². The number of nitrogens with zero attached hydrogens (tertiary/aromatic N) is 3. The second kappa shape index (κ2) is 11.6. The molecule has 190 valence electrons. The molecule has 0 spiro atoms. The minimum absolute atomic E-state index is 0.177. The second-order valence-corrected chi connectivity index (χ2v) is 8.95. The van der Waals surface area contributed by atoms with Crippen LogP contribution in [0.2, 0.25) is 0 Å². The van der Waals surface area contributed by atoms with Gasteiger partial charge < -0.3 is 20.7 Å². The molecule has 0 radical (unpaired) electrons. The number of aromatic nitrogens is 2. The molecule has 1 aliphatic rings. The van der Waals surface area contributed by atoms with Crippen molar-refractivity contribution in [1.82, 2.24) is 9.13 Å². The van der Waals surface area contributed by atoms with Crippen LogP contribution in [-0.4, -0.2) is 28.1 Å². The number of hydrogen-bond donors (Lipinski definition) is 2. The smallest absolute Gasteiger partial charge is 0.333 e. The Kier molecular flexibility index (Phi) is 8.10. The van der Waals surface area contributed by atoms with Crippen molar-refractivity contribution in [2.45, 2.75) is 52.3 Å². The SMILES string of the molecule is CCCn1c(N)c(N2CCCCC2)c(=O)n(CC(=O)Nc2ccc(OCc3ccccc3)cc2)c1=O. The lowest BCUT2D eigenvalue weighted by atomic mass is 10.1. The lowest BCUT2D eigenvalue weighted by Gasteiger charge is -2.30. The number of nitrogens with one attached hydrogen (secondary N) is 1. The zero-order valence-corrected chi connectivity index (χ0v) is 20.6. The monoisotopic (exact) mass is 491 g/mol. The topological polar surface area (TPSA) is 112 Å². The van der Waals surface area contributed by atoms with E-state index in [2.05, 4.69) is 5.32 Å². The van der Waals surface area contributed by atoms with Crippen LogP contribution in [0.3, 0.4) is 0 Å². The molecule has 2 heterocycles. The maximum absolute atomic E-state index is 13.3. The molecule has 4 rings (SSSR count). The van der Waals surface area contributed by atoms with E-state index < -0.39 is 23.7 Å². The standard InChI is InChI=1S/C27H33N5O4/c1-2-15-31-25(28)24(30-16-7-4-8-17-30)26(34)32(27(31)35)18-23(33)29-21-11-13-22(14-12-21)36-19-20-9-5-3-6-10-20/h3,5-6,9-14H,2,4,7-8,15-19,28H2,1H3,(H,29,33). The van der Waals surface area contributed by atoms with Crippen molar-refractivity contribution >= 4 is 23.1 Å². The van der Waals surface area contributed by atoms with Crippen molar-refractivity contribution in [2.75, 3.05) is 29.0 Å². The summed E-state index contributed by atoms with van der Waals surface area (Å²) in [6.45, 7) is 3.76. The molecule has 1 amide bonds. The van der Waals surface area contributed by atoms with E-state index >= 15 is 0 Å². The third-order valence-electron chi connectivity index (χ3n) is 6.25. The van der Waals surface area contributed by atoms with Crippen molar-refractivity contribution in [2.24, 2.45) is 0 Å². The summed E-state index contributed by atoms with van der Waals surface area (Å²) in [5, 5.41) is 2.76. The Hall–Kier alpha value is -4.01. The summed E-state index contributed by atoms with van der Waals surface area (Å²) in [6, 6.07) is 16.8. The molecule has 9 nitrogen and oxygen atoms in total. The molecule has 0 atom stereocenters. The molecule has 1 fully saturated rings. The second-order valence-electron chi connectivity index (χ2n) is 8.95. The molecule has 3 N–H and O–H groups in total. The van der Waals surface area contributed by atoms with Crippen LogP contribution in [0.4, 0.5) is 17.2 Å². The first-order chi connectivity index (χ1) is 17.5. The van der Waals surface area contributed by atoms with Crippen LogP contribution in [-0.2, 0) is 24.5 Å². The van der Waals surface area contributed by atoms with Gasteiger partial charge in [0.1, 0.15) is 30.4 Å². The number of rotatable bonds is 9. The van der Waals surface area contributed by atoms with Gasteiger partial charge in [-0.15, -0.1) is 0 Å². The highest BCUT2D eigenvalue weighted by Crippen LogP contribution is 2.22. The van der Waals surface area contributed by atoms with E-state index in [1.807, 2.05) is 42.2 Å². The number of nitrogen functional groups attached to an aromatic ring is 1. The number of carbonyl (C=O) groups is 1. The maximum Gasteiger partial charge on any atom is 0.333 e. The van der Waals surface area contributed by atoms with Gasteiger partial charge in [-0.2, -0.15) is 0 Å². The highest BCUT2D eigenvalue weighted by atomic mass is 16.5. The Bertz CT molecular complexity index is 1290. The number of benzene rings is 2. The molecule has 9 heteroatoms. The van der Waals surface area contributed by atoms with Gasteiger partial charge in [0.2, 0.25) is 5.91 Å². The van der Waals surface area contributed by atoms with E-state index in [1.54, 1.807) is 24.3 Å². The first-order valence-electron chi connectivity index (χ1n) is 12.4. The van der Waals surface area contributed by atoms with Gasteiger partial charge in [-0.25, -0.2) is 9.36 Å². The van der Waals surface area contributed by atoms with Gasteiger partial charge in [-0.3, -0.25) is 14.2 Å². The van der Waals surface area contributed by atoms with Gasteiger partial charge in [-0.1, -0.05) is 37.3 Å². The number of carbonyl (C=O) groups excluding carboxylic acids is 1. The number of amides is 1. The molecule has 1 aromatic heterocycles. The van der Waals surface area contributed by atoms with Crippen molar-refractivity contribution in [3.8, 4) is 5.75 Å².